The fourth-order valence-electron chi connectivity index (χ4n) is 4.89. The van der Waals surface area contributed by atoms with E-state index in [1.807, 2.05) is 36.0 Å². The minimum absolute atomic E-state index is 0.361. The van der Waals surface area contributed by atoms with Gasteiger partial charge in [-0.15, -0.1) is 0 Å². The molecule has 0 spiro atoms. The SMILES string of the molecule is CC12N=C(N(c3ccccc3)C(N)c3ccccc3)c3cccc(c31)Sc1ccccc12. The third-order valence-electron chi connectivity index (χ3n) is 6.40. The Morgan fingerprint density at radius 1 is 0.781 bits per heavy atom. The largest absolute Gasteiger partial charge is 0.307 e. The summed E-state index contributed by atoms with van der Waals surface area (Å²) in [6.45, 7) is 2.23. The van der Waals surface area contributed by atoms with Crippen molar-refractivity contribution in [2.24, 2.45) is 10.7 Å². The first-order valence-electron chi connectivity index (χ1n) is 10.8. The van der Waals surface area contributed by atoms with Crippen molar-refractivity contribution < 1.29 is 0 Å². The molecule has 156 valence electrons. The standard InChI is InChI=1S/C28H23N3S/c1-28-22-16-8-9-17-23(22)32-24-18-10-15-21(25(24)28)27(30-28)31(20-13-6-3-7-14-20)26(29)19-11-4-2-5-12-19/h2-18,26H,29H2,1H3. The van der Waals surface area contributed by atoms with Crippen LogP contribution in [0.2, 0.25) is 0 Å². The molecule has 6 rings (SSSR count). The maximum atomic E-state index is 6.93. The molecule has 2 unspecified atom stereocenters. The lowest BCUT2D eigenvalue weighted by Crippen LogP contribution is -2.39. The van der Waals surface area contributed by atoms with Gasteiger partial charge in [0.25, 0.3) is 0 Å². The molecule has 3 nitrogen and oxygen atoms in total. The highest BCUT2D eigenvalue weighted by Crippen LogP contribution is 2.54. The number of nitrogens with zero attached hydrogens (tertiary/aromatic N) is 2. The highest BCUT2D eigenvalue weighted by atomic mass is 32.2. The monoisotopic (exact) mass is 433 g/mol. The Hall–Kier alpha value is -3.34. The van der Waals surface area contributed by atoms with Gasteiger partial charge in [0.05, 0.1) is 0 Å². The summed E-state index contributed by atoms with van der Waals surface area (Å²) < 4.78 is 0. The Kier molecular flexibility index (Phi) is 4.46. The van der Waals surface area contributed by atoms with Crippen molar-refractivity contribution in [1.29, 1.82) is 0 Å². The highest BCUT2D eigenvalue weighted by molar-refractivity contribution is 7.99. The van der Waals surface area contributed by atoms with Gasteiger partial charge in [0.1, 0.15) is 17.5 Å². The van der Waals surface area contributed by atoms with Crippen molar-refractivity contribution in [1.82, 2.24) is 0 Å². The van der Waals surface area contributed by atoms with Crippen LogP contribution in [-0.4, -0.2) is 5.84 Å². The summed E-state index contributed by atoms with van der Waals surface area (Å²) in [4.78, 5) is 10.1. The maximum Gasteiger partial charge on any atom is 0.138 e. The molecule has 0 saturated carbocycles. The minimum atomic E-state index is -0.438. The van der Waals surface area contributed by atoms with Crippen LogP contribution in [0.25, 0.3) is 0 Å². The van der Waals surface area contributed by atoms with E-state index in [0.717, 1.165) is 22.6 Å². The van der Waals surface area contributed by atoms with Crippen LogP contribution in [0.4, 0.5) is 5.69 Å². The molecule has 2 aliphatic heterocycles. The molecule has 0 fully saturated rings. The normalized spacial score (nSPS) is 19.0. The van der Waals surface area contributed by atoms with Gasteiger partial charge in [0, 0.05) is 26.6 Å². The average molecular weight is 434 g/mol. The summed E-state index contributed by atoms with van der Waals surface area (Å²) in [5, 5.41) is 0. The van der Waals surface area contributed by atoms with Gasteiger partial charge in [-0.05, 0) is 42.3 Å². The molecule has 2 atom stereocenters. The molecule has 4 aromatic carbocycles. The minimum Gasteiger partial charge on any atom is -0.307 e. The van der Waals surface area contributed by atoms with E-state index in [1.165, 1.54) is 20.9 Å². The van der Waals surface area contributed by atoms with Gasteiger partial charge in [0.15, 0.2) is 0 Å². The predicted molar refractivity (Wildman–Crippen MR) is 132 cm³/mol. The lowest BCUT2D eigenvalue weighted by molar-refractivity contribution is 0.588. The highest BCUT2D eigenvalue weighted by Gasteiger charge is 2.45. The number of nitrogens with two attached hydrogens (primary N) is 1. The third-order valence-corrected chi connectivity index (χ3v) is 7.53. The van der Waals surface area contributed by atoms with Gasteiger partial charge in [-0.3, -0.25) is 4.99 Å². The zero-order valence-corrected chi connectivity index (χ0v) is 18.6. The summed E-state index contributed by atoms with van der Waals surface area (Å²) >= 11 is 1.83. The van der Waals surface area contributed by atoms with E-state index < -0.39 is 5.54 Å². The van der Waals surface area contributed by atoms with E-state index in [9.17, 15) is 0 Å². The number of fused-ring (bicyclic) bond motifs is 2. The second kappa shape index (κ2) is 7.37. The number of hydrogen-bond acceptors (Lipinski definition) is 4. The molecule has 4 heteroatoms. The van der Waals surface area contributed by atoms with Gasteiger partial charge in [-0.2, -0.15) is 0 Å². The predicted octanol–water partition coefficient (Wildman–Crippen LogP) is 6.34. The Morgan fingerprint density at radius 2 is 1.44 bits per heavy atom. The molecule has 2 heterocycles. The van der Waals surface area contributed by atoms with E-state index in [2.05, 4.69) is 90.7 Å². The average Bonchev–Trinajstić information content (AvgIpc) is 3.15. The van der Waals surface area contributed by atoms with Gasteiger partial charge < -0.3 is 10.6 Å². The fourth-order valence-corrected chi connectivity index (χ4v) is 6.21. The second-order valence-electron chi connectivity index (χ2n) is 8.35. The molecular weight excluding hydrogens is 410 g/mol. The first-order valence-corrected chi connectivity index (χ1v) is 11.6. The zero-order valence-electron chi connectivity index (χ0n) is 17.8. The Bertz CT molecular complexity index is 1330. The number of anilines is 1. The van der Waals surface area contributed by atoms with Crippen molar-refractivity contribution in [2.75, 3.05) is 4.90 Å². The second-order valence-corrected chi connectivity index (χ2v) is 9.43. The molecule has 2 aliphatic rings. The molecule has 0 amide bonds. The van der Waals surface area contributed by atoms with Crippen LogP contribution in [0.5, 0.6) is 0 Å². The Balaban J connectivity index is 1.59. The van der Waals surface area contributed by atoms with Gasteiger partial charge >= 0.3 is 0 Å². The molecule has 0 aromatic heterocycles. The maximum absolute atomic E-state index is 6.93. The lowest BCUT2D eigenvalue weighted by atomic mass is 9.84. The van der Waals surface area contributed by atoms with E-state index in [4.69, 9.17) is 10.7 Å². The molecule has 0 saturated heterocycles. The van der Waals surface area contributed by atoms with E-state index in [0.29, 0.717) is 0 Å². The fraction of sp³-hybridized carbons (Fsp3) is 0.107. The molecular formula is C28H23N3S. The third kappa shape index (κ3) is 2.84. The first-order chi connectivity index (χ1) is 15.7. The van der Waals surface area contributed by atoms with E-state index >= 15 is 0 Å². The van der Waals surface area contributed by atoms with Crippen molar-refractivity contribution >= 4 is 23.3 Å². The van der Waals surface area contributed by atoms with Gasteiger partial charge in [-0.25, -0.2) is 0 Å². The number of amidine groups is 1. The van der Waals surface area contributed by atoms with Crippen molar-refractivity contribution in [3.8, 4) is 0 Å². The van der Waals surface area contributed by atoms with Gasteiger partial charge in [0.2, 0.25) is 0 Å². The van der Waals surface area contributed by atoms with E-state index in [1.54, 1.807) is 0 Å². The molecule has 32 heavy (non-hydrogen) atoms. The van der Waals surface area contributed by atoms with Crippen molar-refractivity contribution in [3.05, 3.63) is 125 Å². The van der Waals surface area contributed by atoms with E-state index in [-0.39, 0.29) is 6.17 Å². The molecule has 0 aliphatic carbocycles. The first kappa shape index (κ1) is 19.4. The quantitative estimate of drug-likeness (QED) is 0.383. The van der Waals surface area contributed by atoms with Crippen LogP contribution < -0.4 is 10.6 Å². The number of benzene rings is 4. The Labute approximate surface area is 192 Å². The topological polar surface area (TPSA) is 41.6 Å². The summed E-state index contributed by atoms with van der Waals surface area (Å²) in [6.07, 6.45) is -0.361. The molecule has 0 radical (unpaired) electrons. The smallest absolute Gasteiger partial charge is 0.138 e. The number of para-hydroxylation sites is 1. The zero-order chi connectivity index (χ0) is 21.7. The van der Waals surface area contributed by atoms with Crippen LogP contribution in [-0.2, 0) is 5.54 Å². The van der Waals surface area contributed by atoms with Crippen LogP contribution in [0.1, 0.15) is 35.3 Å². The summed E-state index contributed by atoms with van der Waals surface area (Å²) in [5.74, 6) is 0.921. The van der Waals surface area contributed by atoms with Crippen molar-refractivity contribution in [3.63, 3.8) is 0 Å². The number of hydrogen-bond donors (Lipinski definition) is 1. The van der Waals surface area contributed by atoms with Crippen molar-refractivity contribution in [2.45, 2.75) is 28.4 Å². The number of aliphatic imine (C=N–C) groups is 1. The van der Waals surface area contributed by atoms with Crippen LogP contribution in [0.3, 0.4) is 0 Å². The van der Waals surface area contributed by atoms with Crippen LogP contribution >= 0.6 is 11.8 Å². The van der Waals surface area contributed by atoms with Gasteiger partial charge in [-0.1, -0.05) is 90.6 Å². The molecule has 0 bridgehead atoms. The summed E-state index contributed by atoms with van der Waals surface area (Å²) in [6, 6.07) is 35.7. The Morgan fingerprint density at radius 3 is 2.22 bits per heavy atom. The molecule has 2 N–H and O–H groups in total. The van der Waals surface area contributed by atoms with Crippen LogP contribution in [0.15, 0.2) is 118 Å². The van der Waals surface area contributed by atoms with Crippen LogP contribution in [0, 0.1) is 0 Å². The summed E-state index contributed by atoms with van der Waals surface area (Å²) in [7, 11) is 0. The summed E-state index contributed by atoms with van der Waals surface area (Å²) in [5.41, 5.74) is 12.3. The number of rotatable bonds is 3. The lowest BCUT2D eigenvalue weighted by Gasteiger charge is -2.32. The molecule has 4 aromatic rings.